The van der Waals surface area contributed by atoms with E-state index in [1.54, 1.807) is 0 Å². The number of nitrogens with zero attached hydrogens (tertiary/aromatic N) is 2. The molecule has 3 nitrogen and oxygen atoms in total. The fraction of sp³-hybridized carbons (Fsp3) is 0.933. The maximum atomic E-state index is 9.65. The lowest BCUT2D eigenvalue weighted by atomic mass is 9.93. The van der Waals surface area contributed by atoms with E-state index in [0.29, 0.717) is 12.0 Å². The molecule has 0 aromatic heterocycles. The molecule has 0 bridgehead atoms. The molecule has 0 spiro atoms. The van der Waals surface area contributed by atoms with E-state index in [-0.39, 0.29) is 5.54 Å². The highest BCUT2D eigenvalue weighted by Crippen LogP contribution is 2.40. The van der Waals surface area contributed by atoms with Crippen LogP contribution in [0.4, 0.5) is 0 Å². The first kappa shape index (κ1) is 15.5. The van der Waals surface area contributed by atoms with Gasteiger partial charge in [0, 0.05) is 12.6 Å². The van der Waals surface area contributed by atoms with Crippen molar-refractivity contribution in [2.75, 3.05) is 20.1 Å². The summed E-state index contributed by atoms with van der Waals surface area (Å²) in [5.41, 5.74) is -0.312. The molecule has 0 aliphatic heterocycles. The summed E-state index contributed by atoms with van der Waals surface area (Å²) < 4.78 is 0. The molecule has 3 heteroatoms. The quantitative estimate of drug-likeness (QED) is 0.685. The third-order valence-electron chi connectivity index (χ3n) is 4.23. The second-order valence-electron chi connectivity index (χ2n) is 5.67. The average Bonchev–Trinajstić information content (AvgIpc) is 3.20. The molecule has 1 rings (SSSR count). The molecule has 1 saturated carbocycles. The molecule has 0 aromatic carbocycles. The highest BCUT2D eigenvalue weighted by atomic mass is 15.2. The molecule has 0 heterocycles. The van der Waals surface area contributed by atoms with Crippen molar-refractivity contribution in [3.63, 3.8) is 0 Å². The minimum absolute atomic E-state index is 0.312. The van der Waals surface area contributed by atoms with Gasteiger partial charge in [-0.3, -0.25) is 5.32 Å². The van der Waals surface area contributed by atoms with E-state index in [2.05, 4.69) is 44.1 Å². The van der Waals surface area contributed by atoms with E-state index < -0.39 is 0 Å². The predicted molar refractivity (Wildman–Crippen MR) is 76.4 cm³/mol. The van der Waals surface area contributed by atoms with Crippen LogP contribution in [0.25, 0.3) is 0 Å². The van der Waals surface area contributed by atoms with Crippen molar-refractivity contribution >= 4 is 0 Å². The van der Waals surface area contributed by atoms with Crippen LogP contribution in [0.5, 0.6) is 0 Å². The molecule has 0 aromatic rings. The van der Waals surface area contributed by atoms with Gasteiger partial charge in [-0.05, 0) is 51.6 Å². The fourth-order valence-corrected chi connectivity index (χ4v) is 2.85. The van der Waals surface area contributed by atoms with Crippen LogP contribution in [-0.2, 0) is 0 Å². The lowest BCUT2D eigenvalue weighted by molar-refractivity contribution is 0.169. The molecule has 0 radical (unpaired) electrons. The number of hydrogen-bond donors (Lipinski definition) is 1. The first-order valence-electron chi connectivity index (χ1n) is 7.50. The lowest BCUT2D eigenvalue weighted by Gasteiger charge is -2.36. The van der Waals surface area contributed by atoms with Crippen LogP contribution in [0.15, 0.2) is 0 Å². The van der Waals surface area contributed by atoms with Gasteiger partial charge in [0.05, 0.1) is 6.07 Å². The first-order valence-corrected chi connectivity index (χ1v) is 7.50. The van der Waals surface area contributed by atoms with Crippen LogP contribution in [0.3, 0.4) is 0 Å². The summed E-state index contributed by atoms with van der Waals surface area (Å²) in [7, 11) is 2.17. The van der Waals surface area contributed by atoms with Crippen LogP contribution in [-0.4, -0.2) is 36.6 Å². The van der Waals surface area contributed by atoms with Gasteiger partial charge in [-0.2, -0.15) is 5.26 Å². The van der Waals surface area contributed by atoms with Crippen molar-refractivity contribution in [3.8, 4) is 6.07 Å². The number of hydrogen-bond acceptors (Lipinski definition) is 3. The Morgan fingerprint density at radius 1 is 1.33 bits per heavy atom. The predicted octanol–water partition coefficient (Wildman–Crippen LogP) is 2.78. The van der Waals surface area contributed by atoms with Crippen LogP contribution >= 0.6 is 0 Å². The zero-order chi connectivity index (χ0) is 13.6. The van der Waals surface area contributed by atoms with E-state index in [9.17, 15) is 5.26 Å². The van der Waals surface area contributed by atoms with Crippen molar-refractivity contribution in [1.29, 1.82) is 5.26 Å². The minimum atomic E-state index is -0.312. The fourth-order valence-electron chi connectivity index (χ4n) is 2.85. The van der Waals surface area contributed by atoms with E-state index in [0.717, 1.165) is 32.4 Å². The molecule has 104 valence electrons. The topological polar surface area (TPSA) is 39.1 Å². The third-order valence-corrected chi connectivity index (χ3v) is 4.23. The molecule has 1 atom stereocenters. The molecule has 0 saturated heterocycles. The molecule has 0 amide bonds. The summed E-state index contributed by atoms with van der Waals surface area (Å²) >= 11 is 0. The average molecular weight is 251 g/mol. The van der Waals surface area contributed by atoms with E-state index in [4.69, 9.17) is 0 Å². The van der Waals surface area contributed by atoms with Gasteiger partial charge in [-0.25, -0.2) is 0 Å². The largest absolute Gasteiger partial charge is 0.301 e. The van der Waals surface area contributed by atoms with Crippen LogP contribution < -0.4 is 5.32 Å². The zero-order valence-corrected chi connectivity index (χ0v) is 12.5. The van der Waals surface area contributed by atoms with Crippen LogP contribution in [0.2, 0.25) is 0 Å². The van der Waals surface area contributed by atoms with E-state index in [1.807, 2.05) is 0 Å². The molecule has 1 unspecified atom stereocenters. The van der Waals surface area contributed by atoms with E-state index >= 15 is 0 Å². The SMILES string of the molecule is CCCNC(C#N)(CN(C)C(CC)CC)C1CC1. The normalized spacial score (nSPS) is 18.9. The van der Waals surface area contributed by atoms with Crippen molar-refractivity contribution in [2.45, 2.75) is 64.5 Å². The maximum absolute atomic E-state index is 9.65. The summed E-state index contributed by atoms with van der Waals surface area (Å²) in [6.45, 7) is 8.43. The van der Waals surface area contributed by atoms with Crippen molar-refractivity contribution in [2.24, 2.45) is 5.92 Å². The Morgan fingerprint density at radius 3 is 2.33 bits per heavy atom. The van der Waals surface area contributed by atoms with Crippen molar-refractivity contribution in [3.05, 3.63) is 0 Å². The first-order chi connectivity index (χ1) is 8.63. The zero-order valence-electron chi connectivity index (χ0n) is 12.5. The lowest BCUT2D eigenvalue weighted by Crippen LogP contribution is -2.55. The summed E-state index contributed by atoms with van der Waals surface area (Å²) in [5.74, 6) is 0.561. The van der Waals surface area contributed by atoms with Gasteiger partial charge in [-0.15, -0.1) is 0 Å². The molecule has 1 aliphatic rings. The number of nitriles is 1. The van der Waals surface area contributed by atoms with Gasteiger partial charge in [0.15, 0.2) is 0 Å². The highest BCUT2D eigenvalue weighted by molar-refractivity contribution is 5.16. The summed E-state index contributed by atoms with van der Waals surface area (Å²) in [6, 6.07) is 3.19. The minimum Gasteiger partial charge on any atom is -0.301 e. The summed E-state index contributed by atoms with van der Waals surface area (Å²) in [6.07, 6.45) is 5.83. The third kappa shape index (κ3) is 3.70. The smallest absolute Gasteiger partial charge is 0.122 e. The number of likely N-dealkylation sites (N-methyl/N-ethyl adjacent to an activating group) is 1. The Labute approximate surface area is 113 Å². The number of rotatable bonds is 9. The Hall–Kier alpha value is -0.590. The van der Waals surface area contributed by atoms with Gasteiger partial charge in [0.1, 0.15) is 5.54 Å². The Balaban J connectivity index is 2.68. The van der Waals surface area contributed by atoms with Gasteiger partial charge < -0.3 is 4.90 Å². The number of nitrogens with one attached hydrogen (secondary N) is 1. The Kier molecular flexibility index (Phi) is 6.11. The van der Waals surface area contributed by atoms with Crippen molar-refractivity contribution in [1.82, 2.24) is 10.2 Å². The molecule has 1 N–H and O–H groups in total. The van der Waals surface area contributed by atoms with Crippen molar-refractivity contribution < 1.29 is 0 Å². The van der Waals surface area contributed by atoms with Crippen LogP contribution in [0.1, 0.15) is 52.9 Å². The van der Waals surface area contributed by atoms with Crippen LogP contribution in [0, 0.1) is 17.2 Å². The van der Waals surface area contributed by atoms with Gasteiger partial charge in [0.25, 0.3) is 0 Å². The van der Waals surface area contributed by atoms with Gasteiger partial charge in [0.2, 0.25) is 0 Å². The second-order valence-corrected chi connectivity index (χ2v) is 5.67. The van der Waals surface area contributed by atoms with Gasteiger partial charge >= 0.3 is 0 Å². The summed E-state index contributed by atoms with van der Waals surface area (Å²) in [5, 5.41) is 13.2. The van der Waals surface area contributed by atoms with E-state index in [1.165, 1.54) is 12.8 Å². The van der Waals surface area contributed by atoms with Gasteiger partial charge in [-0.1, -0.05) is 20.8 Å². The monoisotopic (exact) mass is 251 g/mol. The Bertz CT molecular complexity index is 276. The molecular weight excluding hydrogens is 222 g/mol. The molecule has 1 aliphatic carbocycles. The molecule has 1 fully saturated rings. The molecular formula is C15H29N3. The second kappa shape index (κ2) is 7.11. The maximum Gasteiger partial charge on any atom is 0.122 e. The Morgan fingerprint density at radius 2 is 1.94 bits per heavy atom. The highest BCUT2D eigenvalue weighted by Gasteiger charge is 2.46. The standard InChI is InChI=1S/C15H29N3/c1-5-10-17-15(11-16,13-8-9-13)12-18(4)14(6-2)7-3/h13-14,17H,5-10,12H2,1-4H3. The molecule has 18 heavy (non-hydrogen) atoms. The summed E-state index contributed by atoms with van der Waals surface area (Å²) in [4.78, 5) is 2.38.